The minimum Gasteiger partial charge on any atom is -1.00 e. The number of rotatable bonds is 3. The van der Waals surface area contributed by atoms with E-state index in [1.165, 1.54) is 0 Å². The van der Waals surface area contributed by atoms with Crippen molar-refractivity contribution in [2.24, 2.45) is 7.05 Å². The first-order chi connectivity index (χ1) is 12.2. The molecule has 2 aromatic carbocycles. The van der Waals surface area contributed by atoms with Gasteiger partial charge in [-0.05, 0) is 30.2 Å². The van der Waals surface area contributed by atoms with Crippen LogP contribution in [0.15, 0.2) is 70.5 Å². The Labute approximate surface area is 170 Å². The van der Waals surface area contributed by atoms with E-state index in [1.54, 1.807) is 0 Å². The maximum Gasteiger partial charge on any atom is 0.374 e. The van der Waals surface area contributed by atoms with Crippen molar-refractivity contribution in [3.8, 4) is 5.75 Å². The number of benzene rings is 2. The monoisotopic (exact) mass is 460 g/mol. The molecule has 0 fully saturated rings. The highest BCUT2D eigenvalue weighted by atomic mass is 127. The van der Waals surface area contributed by atoms with E-state index in [-0.39, 0.29) is 24.0 Å². The molecule has 4 rings (SSSR count). The van der Waals surface area contributed by atoms with Crippen LogP contribution in [0.25, 0.3) is 17.2 Å². The summed E-state index contributed by atoms with van der Waals surface area (Å²) in [6, 6.07) is 16.1. The van der Waals surface area contributed by atoms with Gasteiger partial charge in [0.15, 0.2) is 5.75 Å². The van der Waals surface area contributed by atoms with Gasteiger partial charge in [-0.3, -0.25) is 0 Å². The van der Waals surface area contributed by atoms with E-state index in [0.29, 0.717) is 0 Å². The average molecular weight is 460 g/mol. The Kier molecular flexibility index (Phi) is 5.36. The molecule has 3 aromatic rings. The van der Waals surface area contributed by atoms with Gasteiger partial charge in [0.25, 0.3) is 5.52 Å². The number of fused-ring (bicyclic) bond motifs is 2. The molecule has 0 bridgehead atoms. The second kappa shape index (κ2) is 7.53. The van der Waals surface area contributed by atoms with Gasteiger partial charge < -0.3 is 38.0 Å². The molecule has 1 aliphatic heterocycles. The Bertz CT molecular complexity index is 1000. The standard InChI is InChI=1S/C21H21N2O2.HI/c1-4-15(13-20-22(2)16-9-5-7-11-18(16)24-20)14-21-23(3)17-10-6-8-12-19(17)25-21;/h5-14H,4H2,1-3H3;1H/q+1;/p-1. The summed E-state index contributed by atoms with van der Waals surface area (Å²) in [5, 5.41) is 0. The van der Waals surface area contributed by atoms with Crippen molar-refractivity contribution < 1.29 is 37.7 Å². The van der Waals surface area contributed by atoms with Crippen molar-refractivity contribution in [1.29, 1.82) is 0 Å². The molecule has 4 nitrogen and oxygen atoms in total. The van der Waals surface area contributed by atoms with Gasteiger partial charge in [0.05, 0.1) is 11.8 Å². The topological polar surface area (TPSA) is 29.5 Å². The van der Waals surface area contributed by atoms with E-state index in [4.69, 9.17) is 9.15 Å². The van der Waals surface area contributed by atoms with Crippen LogP contribution in [0.5, 0.6) is 5.75 Å². The molecule has 0 aliphatic carbocycles. The number of hydrogen-bond acceptors (Lipinski definition) is 3. The number of hydrogen-bond donors (Lipinski definition) is 0. The van der Waals surface area contributed by atoms with Crippen LogP contribution < -0.4 is 38.2 Å². The first kappa shape index (κ1) is 18.5. The molecule has 134 valence electrons. The van der Waals surface area contributed by atoms with Gasteiger partial charge >= 0.3 is 5.89 Å². The lowest BCUT2D eigenvalue weighted by atomic mass is 10.2. The summed E-state index contributed by atoms with van der Waals surface area (Å²) in [7, 11) is 4.04. The second-order valence-corrected chi connectivity index (χ2v) is 6.15. The summed E-state index contributed by atoms with van der Waals surface area (Å²) in [6.45, 7) is 2.13. The van der Waals surface area contributed by atoms with E-state index in [2.05, 4.69) is 40.7 Å². The normalized spacial score (nSPS) is 15.1. The van der Waals surface area contributed by atoms with Crippen LogP contribution in [0.2, 0.25) is 0 Å². The lowest BCUT2D eigenvalue weighted by Crippen LogP contribution is -3.00. The fourth-order valence-corrected chi connectivity index (χ4v) is 3.06. The van der Waals surface area contributed by atoms with Gasteiger partial charge in [-0.15, -0.1) is 0 Å². The molecule has 2 heterocycles. The average Bonchev–Trinajstić information content (AvgIpc) is 3.12. The predicted molar refractivity (Wildman–Crippen MR) is 99.2 cm³/mol. The Balaban J connectivity index is 0.00000196. The molecule has 5 heteroatoms. The highest BCUT2D eigenvalue weighted by Gasteiger charge is 2.23. The third kappa shape index (κ3) is 3.23. The minimum absolute atomic E-state index is 0. The van der Waals surface area contributed by atoms with Crippen molar-refractivity contribution in [2.45, 2.75) is 13.3 Å². The molecular weight excluding hydrogens is 439 g/mol. The van der Waals surface area contributed by atoms with Gasteiger partial charge in [-0.2, -0.15) is 4.57 Å². The Morgan fingerprint density at radius 1 is 1.12 bits per heavy atom. The molecule has 26 heavy (non-hydrogen) atoms. The van der Waals surface area contributed by atoms with Crippen LogP contribution in [0.3, 0.4) is 0 Å². The molecule has 0 N–H and O–H groups in total. The summed E-state index contributed by atoms with van der Waals surface area (Å²) in [5.74, 6) is 2.54. The molecule has 0 unspecified atom stereocenters. The van der Waals surface area contributed by atoms with Gasteiger partial charge in [0.1, 0.15) is 7.05 Å². The van der Waals surface area contributed by atoms with Crippen molar-refractivity contribution in [1.82, 2.24) is 0 Å². The largest absolute Gasteiger partial charge is 1.00 e. The number of allylic oxidation sites excluding steroid dienone is 2. The first-order valence-electron chi connectivity index (χ1n) is 8.48. The molecular formula is C21H21IN2O2. The van der Waals surface area contributed by atoms with E-state index in [1.807, 2.05) is 50.5 Å². The zero-order valence-corrected chi connectivity index (χ0v) is 17.2. The smallest absolute Gasteiger partial charge is 0.374 e. The SMILES string of the molecule is CCC(=C/c1oc2ccccc2[n+]1C)/C=C1\Oc2ccccc2N1C.[I-]. The molecule has 1 aliphatic rings. The zero-order chi connectivity index (χ0) is 17.4. The van der Waals surface area contributed by atoms with Crippen molar-refractivity contribution in [3.63, 3.8) is 0 Å². The molecule has 0 saturated heterocycles. The molecule has 0 amide bonds. The summed E-state index contributed by atoms with van der Waals surface area (Å²) in [5.41, 5.74) is 4.20. The number of aryl methyl sites for hydroxylation is 1. The fourth-order valence-electron chi connectivity index (χ4n) is 3.06. The van der Waals surface area contributed by atoms with Crippen LogP contribution in [-0.4, -0.2) is 7.05 Å². The Morgan fingerprint density at radius 2 is 1.85 bits per heavy atom. The Hall–Kier alpha value is -2.28. The number of para-hydroxylation sites is 4. The van der Waals surface area contributed by atoms with Gasteiger partial charge in [0, 0.05) is 19.2 Å². The van der Waals surface area contributed by atoms with Crippen LogP contribution >= 0.6 is 0 Å². The van der Waals surface area contributed by atoms with E-state index < -0.39 is 0 Å². The molecule has 0 spiro atoms. The molecule has 0 atom stereocenters. The summed E-state index contributed by atoms with van der Waals surface area (Å²) in [6.07, 6.45) is 5.04. The molecule has 1 aromatic heterocycles. The number of aromatic nitrogens is 1. The predicted octanol–water partition coefficient (Wildman–Crippen LogP) is 1.42. The molecule has 0 radical (unpaired) electrons. The number of nitrogens with zero attached hydrogens (tertiary/aromatic N) is 2. The highest BCUT2D eigenvalue weighted by molar-refractivity contribution is 5.70. The Morgan fingerprint density at radius 3 is 2.58 bits per heavy atom. The minimum atomic E-state index is 0. The number of halogens is 1. The van der Waals surface area contributed by atoms with E-state index >= 15 is 0 Å². The summed E-state index contributed by atoms with van der Waals surface area (Å²) < 4.78 is 14.0. The quantitative estimate of drug-likeness (QED) is 0.438. The second-order valence-electron chi connectivity index (χ2n) is 6.15. The zero-order valence-electron chi connectivity index (χ0n) is 15.1. The number of ether oxygens (including phenoxy) is 1. The van der Waals surface area contributed by atoms with E-state index in [0.717, 1.165) is 46.3 Å². The van der Waals surface area contributed by atoms with E-state index in [9.17, 15) is 0 Å². The third-order valence-electron chi connectivity index (χ3n) is 4.57. The lowest BCUT2D eigenvalue weighted by Gasteiger charge is -2.11. The molecule has 0 saturated carbocycles. The van der Waals surface area contributed by atoms with Crippen molar-refractivity contribution in [3.05, 3.63) is 72.0 Å². The van der Waals surface area contributed by atoms with Gasteiger partial charge in [-0.25, -0.2) is 0 Å². The number of oxazole rings is 1. The highest BCUT2D eigenvalue weighted by Crippen LogP contribution is 2.37. The summed E-state index contributed by atoms with van der Waals surface area (Å²) in [4.78, 5) is 2.07. The lowest BCUT2D eigenvalue weighted by molar-refractivity contribution is -0.652. The van der Waals surface area contributed by atoms with Gasteiger partial charge in [-0.1, -0.05) is 31.2 Å². The first-order valence-corrected chi connectivity index (χ1v) is 8.48. The van der Waals surface area contributed by atoms with Crippen LogP contribution in [-0.2, 0) is 7.05 Å². The summed E-state index contributed by atoms with van der Waals surface area (Å²) >= 11 is 0. The van der Waals surface area contributed by atoms with Crippen molar-refractivity contribution in [2.75, 3.05) is 11.9 Å². The van der Waals surface area contributed by atoms with Crippen LogP contribution in [0.1, 0.15) is 19.2 Å². The maximum absolute atomic E-state index is 5.99. The number of anilines is 1. The fraction of sp³-hybridized carbons (Fsp3) is 0.190. The van der Waals surface area contributed by atoms with Gasteiger partial charge in [0.2, 0.25) is 11.5 Å². The van der Waals surface area contributed by atoms with Crippen LogP contribution in [0.4, 0.5) is 5.69 Å². The maximum atomic E-state index is 5.99. The van der Waals surface area contributed by atoms with Crippen LogP contribution in [0, 0.1) is 0 Å². The third-order valence-corrected chi connectivity index (χ3v) is 4.57. The van der Waals surface area contributed by atoms with Crippen molar-refractivity contribution >= 4 is 22.9 Å².